The number of halogens is 1. The van der Waals surface area contributed by atoms with E-state index in [0.717, 1.165) is 11.1 Å². The summed E-state index contributed by atoms with van der Waals surface area (Å²) in [5, 5.41) is 12.2. The maximum absolute atomic E-state index is 12.1. The molecule has 4 heteroatoms. The third kappa shape index (κ3) is 3.13. The van der Waals surface area contributed by atoms with Crippen LogP contribution in [0.5, 0.6) is 0 Å². The monoisotopic (exact) mass is 275 g/mol. The zero-order chi connectivity index (χ0) is 13.8. The van der Waals surface area contributed by atoms with Crippen LogP contribution in [0.1, 0.15) is 21.5 Å². The van der Waals surface area contributed by atoms with Crippen LogP contribution in [0.15, 0.2) is 42.5 Å². The van der Waals surface area contributed by atoms with E-state index in [9.17, 15) is 4.79 Å². The quantitative estimate of drug-likeness (QED) is 0.902. The second-order valence-electron chi connectivity index (χ2n) is 4.25. The number of aryl methyl sites for hydroxylation is 1. The normalized spacial score (nSPS) is 10.3. The Balaban J connectivity index is 2.18. The first-order chi connectivity index (χ1) is 9.11. The number of aliphatic hydroxyl groups excluding tert-OH is 1. The maximum Gasteiger partial charge on any atom is 0.257 e. The van der Waals surface area contributed by atoms with Gasteiger partial charge in [-0.2, -0.15) is 0 Å². The molecule has 0 saturated carbocycles. The van der Waals surface area contributed by atoms with Crippen LogP contribution in [-0.2, 0) is 6.61 Å². The van der Waals surface area contributed by atoms with Crippen molar-refractivity contribution in [1.82, 2.24) is 0 Å². The molecular weight excluding hydrogens is 262 g/mol. The van der Waals surface area contributed by atoms with Crippen molar-refractivity contribution in [3.05, 3.63) is 64.2 Å². The van der Waals surface area contributed by atoms with E-state index >= 15 is 0 Å². The molecule has 1 amide bonds. The van der Waals surface area contributed by atoms with Crippen molar-refractivity contribution in [2.75, 3.05) is 5.32 Å². The van der Waals surface area contributed by atoms with Gasteiger partial charge in [0.2, 0.25) is 0 Å². The van der Waals surface area contributed by atoms with Gasteiger partial charge in [0.05, 0.1) is 17.2 Å². The molecule has 0 bridgehead atoms. The zero-order valence-corrected chi connectivity index (χ0v) is 11.2. The van der Waals surface area contributed by atoms with Gasteiger partial charge in [-0.15, -0.1) is 0 Å². The van der Waals surface area contributed by atoms with Gasteiger partial charge in [0.15, 0.2) is 0 Å². The van der Waals surface area contributed by atoms with Crippen LogP contribution in [0.2, 0.25) is 5.02 Å². The van der Waals surface area contributed by atoms with Crippen LogP contribution in [0.4, 0.5) is 5.69 Å². The predicted octanol–water partition coefficient (Wildman–Crippen LogP) is 3.39. The first kappa shape index (κ1) is 13.6. The highest BCUT2D eigenvalue weighted by Gasteiger charge is 2.11. The van der Waals surface area contributed by atoms with Crippen molar-refractivity contribution in [3.8, 4) is 0 Å². The Hall–Kier alpha value is -1.84. The SMILES string of the molecule is Cc1cccc(C(=O)Nc2ccc(CO)cc2)c1Cl. The molecule has 0 spiro atoms. The Labute approximate surface area is 116 Å². The molecule has 0 atom stereocenters. The third-order valence-electron chi connectivity index (χ3n) is 2.83. The molecule has 0 aliphatic carbocycles. The highest BCUT2D eigenvalue weighted by molar-refractivity contribution is 6.35. The summed E-state index contributed by atoms with van der Waals surface area (Å²) in [5.41, 5.74) is 2.78. The lowest BCUT2D eigenvalue weighted by Crippen LogP contribution is -2.12. The van der Waals surface area contributed by atoms with Gasteiger partial charge in [-0.1, -0.05) is 35.9 Å². The van der Waals surface area contributed by atoms with Crippen LogP contribution in [-0.4, -0.2) is 11.0 Å². The maximum atomic E-state index is 12.1. The summed E-state index contributed by atoms with van der Waals surface area (Å²) >= 11 is 6.11. The number of carbonyl (C=O) groups excluding carboxylic acids is 1. The lowest BCUT2D eigenvalue weighted by atomic mass is 10.1. The zero-order valence-electron chi connectivity index (χ0n) is 10.5. The molecule has 19 heavy (non-hydrogen) atoms. The molecule has 98 valence electrons. The van der Waals surface area contributed by atoms with Crippen molar-refractivity contribution in [2.45, 2.75) is 13.5 Å². The molecule has 0 aliphatic rings. The standard InChI is InChI=1S/C15H14ClNO2/c1-10-3-2-4-13(14(10)16)15(19)17-12-7-5-11(9-18)6-8-12/h2-8,18H,9H2,1H3,(H,17,19). The average molecular weight is 276 g/mol. The van der Waals surface area contributed by atoms with Gasteiger partial charge >= 0.3 is 0 Å². The molecule has 0 fully saturated rings. The molecule has 0 radical (unpaired) electrons. The third-order valence-corrected chi connectivity index (χ3v) is 3.33. The Morgan fingerprint density at radius 3 is 2.53 bits per heavy atom. The molecule has 0 saturated heterocycles. The van der Waals surface area contributed by atoms with Gasteiger partial charge in [-0.05, 0) is 36.2 Å². The number of hydrogen-bond acceptors (Lipinski definition) is 2. The fourth-order valence-electron chi connectivity index (χ4n) is 1.71. The summed E-state index contributed by atoms with van der Waals surface area (Å²) in [6.07, 6.45) is 0. The number of hydrogen-bond donors (Lipinski definition) is 2. The van der Waals surface area contributed by atoms with Crippen molar-refractivity contribution in [3.63, 3.8) is 0 Å². The topological polar surface area (TPSA) is 49.3 Å². The lowest BCUT2D eigenvalue weighted by Gasteiger charge is -2.08. The predicted molar refractivity (Wildman–Crippen MR) is 76.5 cm³/mol. The number of carbonyl (C=O) groups is 1. The first-order valence-corrected chi connectivity index (χ1v) is 6.26. The Morgan fingerprint density at radius 2 is 1.89 bits per heavy atom. The Kier molecular flexibility index (Phi) is 4.20. The smallest absolute Gasteiger partial charge is 0.257 e. The number of rotatable bonds is 3. The lowest BCUT2D eigenvalue weighted by molar-refractivity contribution is 0.102. The summed E-state index contributed by atoms with van der Waals surface area (Å²) in [7, 11) is 0. The Bertz CT molecular complexity index is 594. The van der Waals surface area contributed by atoms with Crippen LogP contribution in [0.3, 0.4) is 0 Å². The highest BCUT2D eigenvalue weighted by atomic mass is 35.5. The van der Waals surface area contributed by atoms with E-state index in [0.29, 0.717) is 16.3 Å². The van der Waals surface area contributed by atoms with Crippen molar-refractivity contribution < 1.29 is 9.90 Å². The van der Waals surface area contributed by atoms with E-state index in [1.165, 1.54) is 0 Å². The molecule has 2 rings (SSSR count). The van der Waals surface area contributed by atoms with Crippen LogP contribution < -0.4 is 5.32 Å². The first-order valence-electron chi connectivity index (χ1n) is 5.88. The number of nitrogens with one attached hydrogen (secondary N) is 1. The molecule has 2 aromatic carbocycles. The van der Waals surface area contributed by atoms with E-state index in [4.69, 9.17) is 16.7 Å². The van der Waals surface area contributed by atoms with Gasteiger partial charge < -0.3 is 10.4 Å². The van der Waals surface area contributed by atoms with Crippen molar-refractivity contribution in [2.24, 2.45) is 0 Å². The molecule has 0 aromatic heterocycles. The van der Waals surface area contributed by atoms with Crippen LogP contribution in [0, 0.1) is 6.92 Å². The molecular formula is C15H14ClNO2. The van der Waals surface area contributed by atoms with Crippen LogP contribution >= 0.6 is 11.6 Å². The fourth-order valence-corrected chi connectivity index (χ4v) is 1.93. The summed E-state index contributed by atoms with van der Waals surface area (Å²) in [6, 6.07) is 12.3. The van der Waals surface area contributed by atoms with E-state index in [-0.39, 0.29) is 12.5 Å². The van der Waals surface area contributed by atoms with Gasteiger partial charge in [-0.25, -0.2) is 0 Å². The van der Waals surface area contributed by atoms with Gasteiger partial charge in [-0.3, -0.25) is 4.79 Å². The number of benzene rings is 2. The van der Waals surface area contributed by atoms with Crippen molar-refractivity contribution in [1.29, 1.82) is 0 Å². The van der Waals surface area contributed by atoms with Gasteiger partial charge in [0, 0.05) is 5.69 Å². The van der Waals surface area contributed by atoms with E-state index in [2.05, 4.69) is 5.32 Å². The van der Waals surface area contributed by atoms with E-state index in [1.807, 2.05) is 13.0 Å². The van der Waals surface area contributed by atoms with Crippen LogP contribution in [0.25, 0.3) is 0 Å². The van der Waals surface area contributed by atoms with E-state index < -0.39 is 0 Å². The number of aliphatic hydroxyl groups is 1. The molecule has 2 N–H and O–H groups in total. The minimum atomic E-state index is -0.245. The molecule has 2 aromatic rings. The average Bonchev–Trinajstić information content (AvgIpc) is 2.42. The number of anilines is 1. The molecule has 0 aliphatic heterocycles. The Morgan fingerprint density at radius 1 is 1.21 bits per heavy atom. The summed E-state index contributed by atoms with van der Waals surface area (Å²) in [4.78, 5) is 12.1. The molecule has 0 unspecified atom stereocenters. The second-order valence-corrected chi connectivity index (χ2v) is 4.62. The second kappa shape index (κ2) is 5.87. The fraction of sp³-hybridized carbons (Fsp3) is 0.133. The molecule has 3 nitrogen and oxygen atoms in total. The number of amides is 1. The summed E-state index contributed by atoms with van der Waals surface area (Å²) in [6.45, 7) is 1.84. The largest absolute Gasteiger partial charge is 0.392 e. The van der Waals surface area contributed by atoms with E-state index in [1.54, 1.807) is 36.4 Å². The van der Waals surface area contributed by atoms with Gasteiger partial charge in [0.25, 0.3) is 5.91 Å². The summed E-state index contributed by atoms with van der Waals surface area (Å²) in [5.74, 6) is -0.245. The minimum Gasteiger partial charge on any atom is -0.392 e. The van der Waals surface area contributed by atoms with Gasteiger partial charge in [0.1, 0.15) is 0 Å². The van der Waals surface area contributed by atoms with Crippen molar-refractivity contribution >= 4 is 23.2 Å². The molecule has 0 heterocycles. The minimum absolute atomic E-state index is 0.0159. The highest BCUT2D eigenvalue weighted by Crippen LogP contribution is 2.21. The summed E-state index contributed by atoms with van der Waals surface area (Å²) < 4.78 is 0.